The van der Waals surface area contributed by atoms with Crippen molar-refractivity contribution in [3.63, 3.8) is 0 Å². The molecule has 0 saturated heterocycles. The van der Waals surface area contributed by atoms with E-state index in [1.165, 1.54) is 6.07 Å². The van der Waals surface area contributed by atoms with Crippen molar-refractivity contribution in [1.82, 2.24) is 0 Å². The van der Waals surface area contributed by atoms with E-state index in [1.54, 1.807) is 19.2 Å². The van der Waals surface area contributed by atoms with Gasteiger partial charge in [-0.2, -0.15) is 0 Å². The average Bonchev–Trinajstić information content (AvgIpc) is 2.77. The molecule has 4 nitrogen and oxygen atoms in total. The first kappa shape index (κ1) is 21.4. The van der Waals surface area contributed by atoms with Crippen LogP contribution in [0.3, 0.4) is 0 Å². The number of ether oxygens (including phenoxy) is 2. The lowest BCUT2D eigenvalue weighted by Gasteiger charge is -2.14. The first-order chi connectivity index (χ1) is 14.5. The van der Waals surface area contributed by atoms with Crippen LogP contribution in [0.4, 0.5) is 4.39 Å². The largest absolute Gasteiger partial charge is 0.497 e. The maximum absolute atomic E-state index is 14.4. The van der Waals surface area contributed by atoms with E-state index in [-0.39, 0.29) is 12.2 Å². The molecule has 1 N–H and O–H groups in total. The van der Waals surface area contributed by atoms with E-state index in [4.69, 9.17) is 14.6 Å². The lowest BCUT2D eigenvalue weighted by atomic mass is 9.95. The van der Waals surface area contributed by atoms with Crippen LogP contribution in [0.15, 0.2) is 60.7 Å². The SMILES string of the molecule is CCc1cc(COc2cccc(CCC(=O)O)c2)ccc1-c1cc(OC)ccc1F. The molecule has 3 rings (SSSR count). The minimum atomic E-state index is -0.819. The van der Waals surface area contributed by atoms with Gasteiger partial charge in [-0.15, -0.1) is 0 Å². The van der Waals surface area contributed by atoms with Crippen LogP contribution < -0.4 is 9.47 Å². The van der Waals surface area contributed by atoms with Gasteiger partial charge < -0.3 is 14.6 Å². The van der Waals surface area contributed by atoms with Crippen molar-refractivity contribution in [3.05, 3.63) is 83.2 Å². The topological polar surface area (TPSA) is 55.8 Å². The number of carboxylic acids is 1. The zero-order valence-corrected chi connectivity index (χ0v) is 17.2. The minimum absolute atomic E-state index is 0.0889. The number of hydrogen-bond donors (Lipinski definition) is 1. The predicted molar refractivity (Wildman–Crippen MR) is 114 cm³/mol. The van der Waals surface area contributed by atoms with E-state index < -0.39 is 5.97 Å². The summed E-state index contributed by atoms with van der Waals surface area (Å²) in [4.78, 5) is 10.8. The molecular formula is C25H25FO4. The Morgan fingerprint density at radius 3 is 2.53 bits per heavy atom. The van der Waals surface area contributed by atoms with Crippen molar-refractivity contribution in [1.29, 1.82) is 0 Å². The van der Waals surface area contributed by atoms with Crippen molar-refractivity contribution < 1.29 is 23.8 Å². The normalized spacial score (nSPS) is 10.6. The van der Waals surface area contributed by atoms with Crippen molar-refractivity contribution in [2.75, 3.05) is 7.11 Å². The number of rotatable bonds is 9. The van der Waals surface area contributed by atoms with Crippen LogP contribution in [0.1, 0.15) is 30.0 Å². The molecule has 0 unspecified atom stereocenters. The van der Waals surface area contributed by atoms with Crippen molar-refractivity contribution in [2.45, 2.75) is 32.8 Å². The Bertz CT molecular complexity index is 1030. The lowest BCUT2D eigenvalue weighted by molar-refractivity contribution is -0.136. The Labute approximate surface area is 175 Å². The summed E-state index contributed by atoms with van der Waals surface area (Å²) in [6.07, 6.45) is 1.31. The van der Waals surface area contributed by atoms with Gasteiger partial charge in [0.05, 0.1) is 7.11 Å². The molecule has 156 valence electrons. The molecular weight excluding hydrogens is 383 g/mol. The predicted octanol–water partition coefficient (Wildman–Crippen LogP) is 5.66. The highest BCUT2D eigenvalue weighted by atomic mass is 19.1. The smallest absolute Gasteiger partial charge is 0.303 e. The fraction of sp³-hybridized carbons (Fsp3) is 0.240. The van der Waals surface area contributed by atoms with E-state index in [9.17, 15) is 9.18 Å². The number of carboxylic acid groups (broad SMARTS) is 1. The molecule has 0 aliphatic heterocycles. The van der Waals surface area contributed by atoms with Crippen LogP contribution in [0.2, 0.25) is 0 Å². The number of methoxy groups -OCH3 is 1. The number of carbonyl (C=O) groups is 1. The van der Waals surface area contributed by atoms with Crippen LogP contribution in [0.25, 0.3) is 11.1 Å². The van der Waals surface area contributed by atoms with Gasteiger partial charge in [-0.3, -0.25) is 4.79 Å². The summed E-state index contributed by atoms with van der Waals surface area (Å²) < 4.78 is 25.6. The average molecular weight is 408 g/mol. The summed E-state index contributed by atoms with van der Waals surface area (Å²) in [5, 5.41) is 8.83. The van der Waals surface area contributed by atoms with Gasteiger partial charge in [0.15, 0.2) is 0 Å². The Morgan fingerprint density at radius 2 is 1.80 bits per heavy atom. The van der Waals surface area contributed by atoms with Crippen molar-refractivity contribution in [2.24, 2.45) is 0 Å². The van der Waals surface area contributed by atoms with E-state index in [0.29, 0.717) is 30.1 Å². The highest BCUT2D eigenvalue weighted by molar-refractivity contribution is 5.70. The van der Waals surface area contributed by atoms with Crippen LogP contribution >= 0.6 is 0 Å². The Hall–Kier alpha value is -3.34. The number of aliphatic carboxylic acids is 1. The Balaban J connectivity index is 1.76. The molecule has 0 aliphatic carbocycles. The quantitative estimate of drug-likeness (QED) is 0.496. The number of benzene rings is 3. The van der Waals surface area contributed by atoms with Crippen molar-refractivity contribution in [3.8, 4) is 22.6 Å². The fourth-order valence-electron chi connectivity index (χ4n) is 3.34. The first-order valence-corrected chi connectivity index (χ1v) is 9.89. The lowest BCUT2D eigenvalue weighted by Crippen LogP contribution is -2.00. The summed E-state index contributed by atoms with van der Waals surface area (Å²) in [5.41, 5.74) is 4.29. The van der Waals surface area contributed by atoms with Gasteiger partial charge in [0.1, 0.15) is 23.9 Å². The number of halogens is 1. The summed E-state index contributed by atoms with van der Waals surface area (Å²) in [5.74, 6) is 0.205. The zero-order chi connectivity index (χ0) is 21.5. The third-order valence-corrected chi connectivity index (χ3v) is 4.95. The Kier molecular flexibility index (Phi) is 7.07. The maximum atomic E-state index is 14.4. The van der Waals surface area contributed by atoms with E-state index in [2.05, 4.69) is 0 Å². The second-order valence-corrected chi connectivity index (χ2v) is 7.02. The molecule has 3 aromatic rings. The minimum Gasteiger partial charge on any atom is -0.497 e. The van der Waals surface area contributed by atoms with Crippen molar-refractivity contribution >= 4 is 5.97 Å². The summed E-state index contributed by atoms with van der Waals surface area (Å²) in [7, 11) is 1.56. The Morgan fingerprint density at radius 1 is 0.967 bits per heavy atom. The zero-order valence-electron chi connectivity index (χ0n) is 17.2. The summed E-state index contributed by atoms with van der Waals surface area (Å²) in [6, 6.07) is 18.1. The molecule has 0 fully saturated rings. The van der Waals surface area contributed by atoms with Crippen LogP contribution in [0, 0.1) is 5.82 Å². The van der Waals surface area contributed by atoms with Crippen LogP contribution in [-0.2, 0) is 24.2 Å². The van der Waals surface area contributed by atoms with E-state index in [0.717, 1.165) is 28.7 Å². The number of hydrogen-bond acceptors (Lipinski definition) is 3. The molecule has 5 heteroatoms. The van der Waals surface area contributed by atoms with E-state index in [1.807, 2.05) is 49.4 Å². The second kappa shape index (κ2) is 9.92. The van der Waals surface area contributed by atoms with E-state index >= 15 is 0 Å². The summed E-state index contributed by atoms with van der Waals surface area (Å²) >= 11 is 0. The van der Waals surface area contributed by atoms with Gasteiger partial charge in [0, 0.05) is 12.0 Å². The first-order valence-electron chi connectivity index (χ1n) is 9.89. The van der Waals surface area contributed by atoms with Crippen LogP contribution in [-0.4, -0.2) is 18.2 Å². The van der Waals surface area contributed by atoms with Gasteiger partial charge in [0.25, 0.3) is 0 Å². The molecule has 0 amide bonds. The molecule has 0 spiro atoms. The maximum Gasteiger partial charge on any atom is 0.303 e. The third-order valence-electron chi connectivity index (χ3n) is 4.95. The molecule has 30 heavy (non-hydrogen) atoms. The standard InChI is InChI=1S/C25H25FO4/c1-3-19-13-18(7-10-22(19)23-15-20(29-2)9-11-24(23)26)16-30-21-6-4-5-17(14-21)8-12-25(27)28/h4-7,9-11,13-15H,3,8,12,16H2,1-2H3,(H,27,28). The number of aryl methyl sites for hydroxylation is 2. The highest BCUT2D eigenvalue weighted by Gasteiger charge is 2.12. The second-order valence-electron chi connectivity index (χ2n) is 7.02. The van der Waals surface area contributed by atoms with Gasteiger partial charge in [-0.05, 0) is 65.4 Å². The van der Waals surface area contributed by atoms with Gasteiger partial charge in [-0.25, -0.2) is 4.39 Å². The molecule has 0 radical (unpaired) electrons. The van der Waals surface area contributed by atoms with Gasteiger partial charge >= 0.3 is 5.97 Å². The fourth-order valence-corrected chi connectivity index (χ4v) is 3.34. The van der Waals surface area contributed by atoms with Gasteiger partial charge in [-0.1, -0.05) is 37.3 Å². The van der Waals surface area contributed by atoms with Gasteiger partial charge in [0.2, 0.25) is 0 Å². The molecule has 0 saturated carbocycles. The third kappa shape index (κ3) is 5.38. The summed E-state index contributed by atoms with van der Waals surface area (Å²) in [6.45, 7) is 2.41. The van der Waals surface area contributed by atoms with Crippen LogP contribution in [0.5, 0.6) is 11.5 Å². The molecule has 0 atom stereocenters. The molecule has 0 aliphatic rings. The molecule has 0 bridgehead atoms. The molecule has 0 aromatic heterocycles. The molecule has 3 aromatic carbocycles. The molecule has 0 heterocycles. The highest BCUT2D eigenvalue weighted by Crippen LogP contribution is 2.31. The monoisotopic (exact) mass is 408 g/mol.